The monoisotopic (exact) mass is 235 g/mol. The fraction of sp³-hybridized carbons (Fsp3) is 0.300. The molecule has 2 rings (SSSR count). The summed E-state index contributed by atoms with van der Waals surface area (Å²) in [5.41, 5.74) is 2.96. The van der Waals surface area contributed by atoms with Crippen molar-refractivity contribution in [2.24, 2.45) is 0 Å². The summed E-state index contributed by atoms with van der Waals surface area (Å²) in [5.74, 6) is 1.64. The van der Waals surface area contributed by atoms with Crippen LogP contribution in [0.2, 0.25) is 0 Å². The third-order valence-corrected chi connectivity index (χ3v) is 2.73. The summed E-state index contributed by atoms with van der Waals surface area (Å²) >= 11 is 1.62. The van der Waals surface area contributed by atoms with E-state index in [0.717, 1.165) is 30.3 Å². The molecule has 2 aromatic rings. The summed E-state index contributed by atoms with van der Waals surface area (Å²) in [4.78, 5) is 12.4. The van der Waals surface area contributed by atoms with E-state index in [4.69, 9.17) is 0 Å². The van der Waals surface area contributed by atoms with Gasteiger partial charge in [-0.1, -0.05) is 0 Å². The van der Waals surface area contributed by atoms with Crippen LogP contribution in [0.1, 0.15) is 5.69 Å². The summed E-state index contributed by atoms with van der Waals surface area (Å²) in [7, 11) is 1.83. The smallest absolute Gasteiger partial charge is 0.131 e. The summed E-state index contributed by atoms with van der Waals surface area (Å²) in [6.45, 7) is 0.823. The highest BCUT2D eigenvalue weighted by molar-refractivity contribution is 7.07. The molecule has 0 amide bonds. The molecule has 0 unspecified atom stereocenters. The van der Waals surface area contributed by atoms with Gasteiger partial charge in [-0.3, -0.25) is 0 Å². The Kier molecular flexibility index (Phi) is 3.66. The van der Waals surface area contributed by atoms with Crippen molar-refractivity contribution in [1.29, 1.82) is 0 Å². The molecule has 0 spiro atoms. The molecule has 0 saturated heterocycles. The van der Waals surface area contributed by atoms with Crippen molar-refractivity contribution in [2.45, 2.75) is 6.42 Å². The van der Waals surface area contributed by atoms with Gasteiger partial charge >= 0.3 is 0 Å². The van der Waals surface area contributed by atoms with Crippen molar-refractivity contribution in [3.8, 4) is 0 Å². The minimum absolute atomic E-state index is 0.811. The third kappa shape index (κ3) is 2.90. The Morgan fingerprint density at radius 2 is 2.12 bits per heavy atom. The topological polar surface area (TPSA) is 62.7 Å². The molecular formula is C10H13N5S. The molecule has 0 bridgehead atoms. The van der Waals surface area contributed by atoms with Crippen LogP contribution in [0, 0.1) is 0 Å². The third-order valence-electron chi connectivity index (χ3n) is 2.09. The van der Waals surface area contributed by atoms with Crippen LogP contribution in [0.3, 0.4) is 0 Å². The number of aromatic nitrogens is 3. The molecule has 0 radical (unpaired) electrons. The number of anilines is 2. The Hall–Kier alpha value is -1.69. The average molecular weight is 235 g/mol. The van der Waals surface area contributed by atoms with Crippen LogP contribution < -0.4 is 10.6 Å². The van der Waals surface area contributed by atoms with Gasteiger partial charge in [0.15, 0.2) is 0 Å². The number of hydrogen-bond acceptors (Lipinski definition) is 6. The predicted octanol–water partition coefficient (Wildman–Crippen LogP) is 1.63. The molecule has 2 aromatic heterocycles. The van der Waals surface area contributed by atoms with Crippen molar-refractivity contribution in [1.82, 2.24) is 15.0 Å². The SMILES string of the molecule is CNc1cc(NCCc2cscn2)ncn1. The van der Waals surface area contributed by atoms with Crippen LogP contribution in [-0.2, 0) is 6.42 Å². The zero-order chi connectivity index (χ0) is 11.2. The lowest BCUT2D eigenvalue weighted by molar-refractivity contribution is 0.964. The van der Waals surface area contributed by atoms with Gasteiger partial charge in [-0.15, -0.1) is 11.3 Å². The van der Waals surface area contributed by atoms with E-state index in [1.54, 1.807) is 11.3 Å². The number of rotatable bonds is 5. The van der Waals surface area contributed by atoms with Gasteiger partial charge in [0, 0.05) is 31.5 Å². The first-order valence-corrected chi connectivity index (χ1v) is 5.93. The molecule has 0 fully saturated rings. The Bertz CT molecular complexity index is 429. The maximum absolute atomic E-state index is 4.21. The van der Waals surface area contributed by atoms with Crippen molar-refractivity contribution in [2.75, 3.05) is 24.2 Å². The van der Waals surface area contributed by atoms with E-state index in [1.807, 2.05) is 18.6 Å². The van der Waals surface area contributed by atoms with E-state index >= 15 is 0 Å². The molecule has 0 atom stereocenters. The summed E-state index contributed by atoms with van der Waals surface area (Å²) in [6, 6.07) is 1.88. The van der Waals surface area contributed by atoms with Crippen LogP contribution in [0.25, 0.3) is 0 Å². The second-order valence-corrected chi connectivity index (χ2v) is 3.91. The number of hydrogen-bond donors (Lipinski definition) is 2. The average Bonchev–Trinajstić information content (AvgIpc) is 2.82. The van der Waals surface area contributed by atoms with Crippen LogP contribution >= 0.6 is 11.3 Å². The fourth-order valence-corrected chi connectivity index (χ4v) is 1.86. The molecular weight excluding hydrogens is 222 g/mol. The molecule has 0 aliphatic rings. The van der Waals surface area contributed by atoms with Gasteiger partial charge in [0.1, 0.15) is 18.0 Å². The molecule has 2 N–H and O–H groups in total. The van der Waals surface area contributed by atoms with Crippen LogP contribution in [-0.4, -0.2) is 28.5 Å². The van der Waals surface area contributed by atoms with Gasteiger partial charge in [0.2, 0.25) is 0 Å². The van der Waals surface area contributed by atoms with E-state index in [-0.39, 0.29) is 0 Å². The highest BCUT2D eigenvalue weighted by Gasteiger charge is 1.98. The summed E-state index contributed by atoms with van der Waals surface area (Å²) < 4.78 is 0. The van der Waals surface area contributed by atoms with Crippen molar-refractivity contribution < 1.29 is 0 Å². The zero-order valence-electron chi connectivity index (χ0n) is 8.97. The molecule has 84 valence electrons. The molecule has 16 heavy (non-hydrogen) atoms. The minimum atomic E-state index is 0.811. The lowest BCUT2D eigenvalue weighted by Crippen LogP contribution is -2.07. The van der Waals surface area contributed by atoms with Crippen molar-refractivity contribution in [3.05, 3.63) is 29.0 Å². The fourth-order valence-electron chi connectivity index (χ4n) is 1.27. The second kappa shape index (κ2) is 5.41. The van der Waals surface area contributed by atoms with Gasteiger partial charge in [-0.2, -0.15) is 0 Å². The van der Waals surface area contributed by atoms with E-state index in [1.165, 1.54) is 6.33 Å². The normalized spacial score (nSPS) is 10.1. The lowest BCUT2D eigenvalue weighted by atomic mass is 10.3. The Labute approximate surface area is 98.0 Å². The quantitative estimate of drug-likeness (QED) is 0.824. The van der Waals surface area contributed by atoms with Crippen molar-refractivity contribution in [3.63, 3.8) is 0 Å². The van der Waals surface area contributed by atoms with Gasteiger partial charge < -0.3 is 10.6 Å². The van der Waals surface area contributed by atoms with Gasteiger partial charge in [0.05, 0.1) is 11.2 Å². The Morgan fingerprint density at radius 3 is 2.88 bits per heavy atom. The number of nitrogens with one attached hydrogen (secondary N) is 2. The highest BCUT2D eigenvalue weighted by atomic mass is 32.1. The number of thiazole rings is 1. The predicted molar refractivity (Wildman–Crippen MR) is 65.9 cm³/mol. The highest BCUT2D eigenvalue weighted by Crippen LogP contribution is 2.08. The molecule has 5 nitrogen and oxygen atoms in total. The lowest BCUT2D eigenvalue weighted by Gasteiger charge is -2.05. The van der Waals surface area contributed by atoms with Crippen LogP contribution in [0.4, 0.5) is 11.6 Å². The molecule has 0 aliphatic heterocycles. The number of nitrogens with zero attached hydrogens (tertiary/aromatic N) is 3. The summed E-state index contributed by atoms with van der Waals surface area (Å²) in [5, 5.41) is 8.26. The zero-order valence-corrected chi connectivity index (χ0v) is 9.79. The largest absolute Gasteiger partial charge is 0.373 e. The molecule has 6 heteroatoms. The van der Waals surface area contributed by atoms with Gasteiger partial charge in [-0.25, -0.2) is 15.0 Å². The first-order valence-electron chi connectivity index (χ1n) is 4.99. The van der Waals surface area contributed by atoms with Crippen LogP contribution in [0.15, 0.2) is 23.3 Å². The van der Waals surface area contributed by atoms with Crippen molar-refractivity contribution >= 4 is 23.0 Å². The minimum Gasteiger partial charge on any atom is -0.373 e. The Morgan fingerprint density at radius 1 is 1.25 bits per heavy atom. The second-order valence-electron chi connectivity index (χ2n) is 3.20. The molecule has 2 heterocycles. The summed E-state index contributed by atoms with van der Waals surface area (Å²) in [6.07, 6.45) is 2.44. The maximum atomic E-state index is 4.21. The van der Waals surface area contributed by atoms with E-state index < -0.39 is 0 Å². The van der Waals surface area contributed by atoms with Crippen LogP contribution in [0.5, 0.6) is 0 Å². The van der Waals surface area contributed by atoms with E-state index in [9.17, 15) is 0 Å². The molecule has 0 saturated carbocycles. The molecule has 0 aromatic carbocycles. The molecule has 0 aliphatic carbocycles. The van der Waals surface area contributed by atoms with Gasteiger partial charge in [-0.05, 0) is 0 Å². The van der Waals surface area contributed by atoms with Gasteiger partial charge in [0.25, 0.3) is 0 Å². The first-order chi connectivity index (χ1) is 7.88. The standard InChI is InChI=1S/C10H13N5S/c1-11-9-4-10(14-6-13-9)12-3-2-8-5-16-7-15-8/h4-7H,2-3H2,1H3,(H2,11,12,13,14). The first kappa shape index (κ1) is 10.8. The van der Waals surface area contributed by atoms with E-state index in [2.05, 4.69) is 31.0 Å². The van der Waals surface area contributed by atoms with E-state index in [0.29, 0.717) is 0 Å². The Balaban J connectivity index is 1.85. The maximum Gasteiger partial charge on any atom is 0.131 e.